The second-order valence-corrected chi connectivity index (χ2v) is 7.86. The van der Waals surface area contributed by atoms with Crippen LogP contribution >= 0.6 is 0 Å². The minimum atomic E-state index is -0.0445. The van der Waals surface area contributed by atoms with E-state index in [2.05, 4.69) is 54.8 Å². The highest BCUT2D eigenvalue weighted by Gasteiger charge is 2.17. The van der Waals surface area contributed by atoms with Crippen molar-refractivity contribution in [3.05, 3.63) is 65.2 Å². The van der Waals surface area contributed by atoms with Gasteiger partial charge in [0.05, 0.1) is 25.9 Å². The van der Waals surface area contributed by atoms with Gasteiger partial charge in [-0.15, -0.1) is 0 Å². The Labute approximate surface area is 186 Å². The summed E-state index contributed by atoms with van der Waals surface area (Å²) in [5.74, 6) is 2.14. The van der Waals surface area contributed by atoms with E-state index < -0.39 is 0 Å². The summed E-state index contributed by atoms with van der Waals surface area (Å²) in [4.78, 5) is 4.79. The van der Waals surface area contributed by atoms with Gasteiger partial charge < -0.3 is 24.8 Å². The molecule has 1 saturated heterocycles. The number of nitrogens with one attached hydrogen (secondary N) is 2. The normalized spacial score (nSPS) is 17.4. The molecule has 1 aliphatic rings. The van der Waals surface area contributed by atoms with Crippen LogP contribution in [0.5, 0.6) is 5.75 Å². The van der Waals surface area contributed by atoms with Crippen LogP contribution in [-0.2, 0) is 16.0 Å². The molecule has 168 valence electrons. The van der Waals surface area contributed by atoms with Crippen LogP contribution in [0, 0.1) is 12.8 Å². The number of ether oxygens (including phenoxy) is 3. The minimum absolute atomic E-state index is 0.0445. The van der Waals surface area contributed by atoms with Crippen molar-refractivity contribution < 1.29 is 14.2 Å². The van der Waals surface area contributed by atoms with Gasteiger partial charge in [-0.1, -0.05) is 42.5 Å². The quantitative estimate of drug-likeness (QED) is 0.447. The fourth-order valence-electron chi connectivity index (χ4n) is 3.55. The molecule has 0 spiro atoms. The van der Waals surface area contributed by atoms with Gasteiger partial charge in [0.2, 0.25) is 0 Å². The summed E-state index contributed by atoms with van der Waals surface area (Å²) in [5, 5.41) is 6.72. The zero-order valence-corrected chi connectivity index (χ0v) is 18.9. The molecule has 0 saturated carbocycles. The summed E-state index contributed by atoms with van der Waals surface area (Å²) in [6, 6.07) is 16.5. The van der Waals surface area contributed by atoms with Crippen molar-refractivity contribution in [3.63, 3.8) is 0 Å². The first kappa shape index (κ1) is 23.1. The topological polar surface area (TPSA) is 64.1 Å². The number of rotatable bonds is 10. The Morgan fingerprint density at radius 2 is 2.03 bits per heavy atom. The van der Waals surface area contributed by atoms with Gasteiger partial charge in [-0.05, 0) is 37.5 Å². The van der Waals surface area contributed by atoms with Crippen molar-refractivity contribution in [1.82, 2.24) is 10.6 Å². The molecule has 2 atom stereocenters. The Kier molecular flexibility index (Phi) is 9.18. The fourth-order valence-corrected chi connectivity index (χ4v) is 3.55. The number of aliphatic imine (C=N–C) groups is 1. The average molecular weight is 426 g/mol. The Balaban J connectivity index is 1.63. The third kappa shape index (κ3) is 7.26. The van der Waals surface area contributed by atoms with E-state index in [0.29, 0.717) is 25.6 Å². The summed E-state index contributed by atoms with van der Waals surface area (Å²) in [5.41, 5.74) is 3.40. The fraction of sp³-hybridized carbons (Fsp3) is 0.480. The van der Waals surface area contributed by atoms with E-state index in [4.69, 9.17) is 19.2 Å². The zero-order valence-electron chi connectivity index (χ0n) is 18.9. The van der Waals surface area contributed by atoms with Gasteiger partial charge >= 0.3 is 0 Å². The molecular weight excluding hydrogens is 390 g/mol. The van der Waals surface area contributed by atoms with Crippen LogP contribution in [0.3, 0.4) is 0 Å². The number of hydrogen-bond donors (Lipinski definition) is 2. The lowest BCUT2D eigenvalue weighted by Crippen LogP contribution is -2.39. The number of guanidine groups is 1. The molecule has 2 aromatic rings. The van der Waals surface area contributed by atoms with Crippen LogP contribution in [0.25, 0.3) is 0 Å². The molecule has 0 aliphatic carbocycles. The first-order chi connectivity index (χ1) is 15.2. The van der Waals surface area contributed by atoms with Gasteiger partial charge in [-0.3, -0.25) is 0 Å². The molecule has 0 bridgehead atoms. The maximum atomic E-state index is 6.16. The second-order valence-electron chi connectivity index (χ2n) is 7.86. The molecule has 31 heavy (non-hydrogen) atoms. The molecule has 2 N–H and O–H groups in total. The lowest BCUT2D eigenvalue weighted by molar-refractivity contribution is 0.106. The minimum Gasteiger partial charge on any atom is -0.493 e. The average Bonchev–Trinajstić information content (AvgIpc) is 3.31. The number of hydrogen-bond acceptors (Lipinski definition) is 4. The van der Waals surface area contributed by atoms with Gasteiger partial charge in [-0.2, -0.15) is 0 Å². The van der Waals surface area contributed by atoms with E-state index in [0.717, 1.165) is 49.0 Å². The van der Waals surface area contributed by atoms with Gasteiger partial charge in [-0.25, -0.2) is 4.99 Å². The van der Waals surface area contributed by atoms with E-state index >= 15 is 0 Å². The molecule has 2 aromatic carbocycles. The molecule has 6 nitrogen and oxygen atoms in total. The highest BCUT2D eigenvalue weighted by molar-refractivity contribution is 5.79. The third-order valence-electron chi connectivity index (χ3n) is 5.38. The maximum absolute atomic E-state index is 6.16. The lowest BCUT2D eigenvalue weighted by atomic mass is 10.1. The molecular formula is C25H35N3O3. The molecule has 0 amide bonds. The van der Waals surface area contributed by atoms with Crippen LogP contribution in [0.1, 0.15) is 36.1 Å². The standard InChI is InChI=1S/C25H35N3O3/c1-4-26-25(28-16-24(29-3)21-8-6-5-7-9-21)27-15-22-11-10-19(2)14-23(22)31-18-20-12-13-30-17-20/h5-11,14,20,24H,4,12-13,15-18H2,1-3H3,(H2,26,27,28). The highest BCUT2D eigenvalue weighted by Crippen LogP contribution is 2.23. The van der Waals surface area contributed by atoms with Crippen molar-refractivity contribution in [1.29, 1.82) is 0 Å². The van der Waals surface area contributed by atoms with Gasteiger partial charge in [0.25, 0.3) is 0 Å². The second kappa shape index (κ2) is 12.3. The summed E-state index contributed by atoms with van der Waals surface area (Å²) in [7, 11) is 1.73. The number of benzene rings is 2. The Hall–Kier alpha value is -2.57. The maximum Gasteiger partial charge on any atom is 0.191 e. The Morgan fingerprint density at radius 3 is 2.74 bits per heavy atom. The van der Waals surface area contributed by atoms with E-state index in [1.807, 2.05) is 18.2 Å². The van der Waals surface area contributed by atoms with Crippen LogP contribution in [-0.4, -0.2) is 46.0 Å². The number of nitrogens with zero attached hydrogens (tertiary/aromatic N) is 1. The van der Waals surface area contributed by atoms with Crippen molar-refractivity contribution in [2.45, 2.75) is 32.9 Å². The molecule has 1 aliphatic heterocycles. The van der Waals surface area contributed by atoms with Crippen molar-refractivity contribution in [2.24, 2.45) is 10.9 Å². The van der Waals surface area contributed by atoms with Gasteiger partial charge in [0.1, 0.15) is 5.75 Å². The number of methoxy groups -OCH3 is 1. The first-order valence-electron chi connectivity index (χ1n) is 11.1. The van der Waals surface area contributed by atoms with Crippen molar-refractivity contribution in [3.8, 4) is 5.75 Å². The van der Waals surface area contributed by atoms with Crippen LogP contribution in [0.2, 0.25) is 0 Å². The summed E-state index contributed by atoms with van der Waals surface area (Å²) in [6.07, 6.45) is 1.02. The van der Waals surface area contributed by atoms with E-state index in [9.17, 15) is 0 Å². The molecule has 1 heterocycles. The molecule has 6 heteroatoms. The Bertz CT molecular complexity index is 820. The molecule has 3 rings (SSSR count). The third-order valence-corrected chi connectivity index (χ3v) is 5.38. The van der Waals surface area contributed by atoms with Gasteiger partial charge in [0, 0.05) is 38.3 Å². The largest absolute Gasteiger partial charge is 0.493 e. The predicted octanol–water partition coefficient (Wildman–Crippen LogP) is 3.85. The highest BCUT2D eigenvalue weighted by atomic mass is 16.5. The van der Waals surface area contributed by atoms with E-state index in [-0.39, 0.29) is 6.10 Å². The summed E-state index contributed by atoms with van der Waals surface area (Å²) < 4.78 is 17.3. The zero-order chi connectivity index (χ0) is 21.9. The van der Waals surface area contributed by atoms with Gasteiger partial charge in [0.15, 0.2) is 5.96 Å². The molecule has 0 radical (unpaired) electrons. The Morgan fingerprint density at radius 1 is 1.19 bits per heavy atom. The smallest absolute Gasteiger partial charge is 0.191 e. The van der Waals surface area contributed by atoms with Crippen molar-refractivity contribution >= 4 is 5.96 Å². The molecule has 1 fully saturated rings. The summed E-state index contributed by atoms with van der Waals surface area (Å²) >= 11 is 0. The SMILES string of the molecule is CCNC(=NCc1ccc(C)cc1OCC1CCOC1)NCC(OC)c1ccccc1. The van der Waals surface area contributed by atoms with E-state index in [1.165, 1.54) is 5.56 Å². The lowest BCUT2D eigenvalue weighted by Gasteiger charge is -2.19. The van der Waals surface area contributed by atoms with Crippen LogP contribution in [0.4, 0.5) is 0 Å². The van der Waals surface area contributed by atoms with Crippen LogP contribution < -0.4 is 15.4 Å². The van der Waals surface area contributed by atoms with Crippen LogP contribution in [0.15, 0.2) is 53.5 Å². The summed E-state index contributed by atoms with van der Waals surface area (Å²) in [6.45, 7) is 8.40. The van der Waals surface area contributed by atoms with Crippen molar-refractivity contribution in [2.75, 3.05) is 40.0 Å². The monoisotopic (exact) mass is 425 g/mol. The molecule has 0 aromatic heterocycles. The predicted molar refractivity (Wildman–Crippen MR) is 125 cm³/mol. The molecule has 2 unspecified atom stereocenters. The number of aryl methyl sites for hydroxylation is 1. The van der Waals surface area contributed by atoms with E-state index in [1.54, 1.807) is 7.11 Å². The first-order valence-corrected chi connectivity index (χ1v) is 11.1.